The predicted octanol–water partition coefficient (Wildman–Crippen LogP) is -0.107. The molecule has 2 N–H and O–H groups in total. The van der Waals surface area contributed by atoms with Crippen molar-refractivity contribution in [1.82, 2.24) is 5.32 Å². The molecule has 0 aliphatic rings. The molecule has 0 bridgehead atoms. The van der Waals surface area contributed by atoms with Crippen LogP contribution in [0.15, 0.2) is 0 Å². The van der Waals surface area contributed by atoms with Crippen LogP contribution in [0.5, 0.6) is 0 Å². The average Bonchev–Trinajstić information content (AvgIpc) is 2.03. The molecular formula is C7H14BrNO3. The Balaban J connectivity index is 3.77. The first-order valence-corrected chi connectivity index (χ1v) is 4.57. The molecule has 4 nitrogen and oxygen atoms in total. The van der Waals surface area contributed by atoms with Crippen molar-refractivity contribution in [3.63, 3.8) is 0 Å². The van der Waals surface area contributed by atoms with Crippen molar-refractivity contribution in [3.8, 4) is 0 Å². The van der Waals surface area contributed by atoms with Crippen LogP contribution in [0.3, 0.4) is 0 Å². The minimum atomic E-state index is -0.317. The molecule has 0 aromatic carbocycles. The van der Waals surface area contributed by atoms with Crippen molar-refractivity contribution in [2.75, 3.05) is 20.3 Å². The fourth-order valence-electron chi connectivity index (χ4n) is 0.657. The van der Waals surface area contributed by atoms with Gasteiger partial charge in [0, 0.05) is 7.11 Å². The molecule has 0 aliphatic heterocycles. The molecule has 2 unspecified atom stereocenters. The van der Waals surface area contributed by atoms with Gasteiger partial charge in [-0.25, -0.2) is 0 Å². The van der Waals surface area contributed by atoms with Gasteiger partial charge in [-0.2, -0.15) is 0 Å². The van der Waals surface area contributed by atoms with Crippen LogP contribution in [0.25, 0.3) is 0 Å². The number of hydrogen-bond donors (Lipinski definition) is 2. The number of hydrogen-bond acceptors (Lipinski definition) is 3. The second-order valence-electron chi connectivity index (χ2n) is 2.46. The summed E-state index contributed by atoms with van der Waals surface area (Å²) < 4.78 is 4.79. The van der Waals surface area contributed by atoms with Crippen molar-refractivity contribution in [1.29, 1.82) is 0 Å². The number of methoxy groups -OCH3 is 1. The fraction of sp³-hybridized carbons (Fsp3) is 0.857. The highest BCUT2D eigenvalue weighted by Gasteiger charge is 2.14. The molecule has 1 amide bonds. The van der Waals surface area contributed by atoms with Gasteiger partial charge in [0.05, 0.1) is 24.1 Å². The van der Waals surface area contributed by atoms with E-state index >= 15 is 0 Å². The van der Waals surface area contributed by atoms with Gasteiger partial charge in [-0.1, -0.05) is 15.9 Å². The highest BCUT2D eigenvalue weighted by molar-refractivity contribution is 9.10. The Morgan fingerprint density at radius 1 is 1.75 bits per heavy atom. The molecule has 5 heteroatoms. The van der Waals surface area contributed by atoms with Gasteiger partial charge in [0.25, 0.3) is 0 Å². The van der Waals surface area contributed by atoms with Crippen LogP contribution in [-0.2, 0) is 9.53 Å². The molecular weight excluding hydrogens is 226 g/mol. The fourth-order valence-corrected chi connectivity index (χ4v) is 0.789. The summed E-state index contributed by atoms with van der Waals surface area (Å²) in [6, 6.07) is -0.317. The van der Waals surface area contributed by atoms with Gasteiger partial charge >= 0.3 is 0 Å². The van der Waals surface area contributed by atoms with E-state index in [0.717, 1.165) is 0 Å². The van der Waals surface area contributed by atoms with Crippen LogP contribution in [0.2, 0.25) is 0 Å². The molecule has 0 aromatic heterocycles. The summed E-state index contributed by atoms with van der Waals surface area (Å²) in [4.78, 5) is 10.8. The van der Waals surface area contributed by atoms with E-state index in [1.165, 1.54) is 7.11 Å². The van der Waals surface area contributed by atoms with Gasteiger partial charge in [0.15, 0.2) is 0 Å². The van der Waals surface area contributed by atoms with E-state index in [1.807, 2.05) is 0 Å². The van der Waals surface area contributed by atoms with Gasteiger partial charge in [-0.15, -0.1) is 0 Å². The van der Waals surface area contributed by atoms with Crippen LogP contribution < -0.4 is 5.32 Å². The number of amides is 1. The number of aliphatic hydroxyl groups excluding tert-OH is 1. The largest absolute Gasteiger partial charge is 0.394 e. The molecule has 0 saturated carbocycles. The summed E-state index contributed by atoms with van der Waals surface area (Å²) in [5, 5.41) is 11.4. The second kappa shape index (κ2) is 6.39. The number of aliphatic hydroxyl groups is 1. The summed E-state index contributed by atoms with van der Waals surface area (Å²) >= 11 is 3.11. The van der Waals surface area contributed by atoms with Gasteiger partial charge < -0.3 is 15.2 Å². The van der Waals surface area contributed by atoms with E-state index in [-0.39, 0.29) is 23.4 Å². The molecule has 12 heavy (non-hydrogen) atoms. The quantitative estimate of drug-likeness (QED) is 0.659. The third-order valence-electron chi connectivity index (χ3n) is 1.30. The first-order chi connectivity index (χ1) is 5.61. The summed E-state index contributed by atoms with van der Waals surface area (Å²) in [6.07, 6.45) is 0. The first-order valence-electron chi connectivity index (χ1n) is 3.66. The zero-order chi connectivity index (χ0) is 9.56. The minimum absolute atomic E-state index is 0.112. The molecule has 2 atom stereocenters. The highest BCUT2D eigenvalue weighted by Crippen LogP contribution is 1.97. The lowest BCUT2D eigenvalue weighted by Crippen LogP contribution is -2.43. The van der Waals surface area contributed by atoms with Crippen molar-refractivity contribution in [2.45, 2.75) is 17.8 Å². The van der Waals surface area contributed by atoms with Gasteiger partial charge in [-0.05, 0) is 6.92 Å². The van der Waals surface area contributed by atoms with Crippen molar-refractivity contribution >= 4 is 21.8 Å². The summed E-state index contributed by atoms with van der Waals surface area (Å²) in [5.74, 6) is -0.147. The Kier molecular flexibility index (Phi) is 6.32. The summed E-state index contributed by atoms with van der Waals surface area (Å²) in [5.41, 5.74) is 0. The third-order valence-corrected chi connectivity index (χ3v) is 1.71. The van der Waals surface area contributed by atoms with Gasteiger partial charge in [-0.3, -0.25) is 4.79 Å². The molecule has 0 rings (SSSR count). The van der Waals surface area contributed by atoms with Gasteiger partial charge in [0.1, 0.15) is 0 Å². The van der Waals surface area contributed by atoms with Gasteiger partial charge in [0.2, 0.25) is 5.91 Å². The Bertz CT molecular complexity index is 141. The van der Waals surface area contributed by atoms with E-state index in [9.17, 15) is 4.79 Å². The topological polar surface area (TPSA) is 58.6 Å². The first kappa shape index (κ1) is 11.9. The molecule has 0 saturated heterocycles. The maximum Gasteiger partial charge on any atom is 0.233 e. The van der Waals surface area contributed by atoms with Crippen LogP contribution in [0, 0.1) is 0 Å². The third kappa shape index (κ3) is 4.69. The van der Waals surface area contributed by atoms with Crippen LogP contribution in [-0.4, -0.2) is 42.2 Å². The molecule has 0 spiro atoms. The van der Waals surface area contributed by atoms with E-state index < -0.39 is 0 Å². The molecule has 72 valence electrons. The maximum absolute atomic E-state index is 11.1. The van der Waals surface area contributed by atoms with E-state index in [2.05, 4.69) is 21.2 Å². The molecule has 0 fully saturated rings. The number of rotatable bonds is 5. The zero-order valence-corrected chi connectivity index (χ0v) is 8.80. The van der Waals surface area contributed by atoms with Crippen molar-refractivity contribution in [2.24, 2.45) is 0 Å². The normalized spacial score (nSPS) is 15.3. The molecule has 0 heterocycles. The molecule has 0 radical (unpaired) electrons. The number of ether oxygens (including phenoxy) is 1. The van der Waals surface area contributed by atoms with Crippen molar-refractivity contribution < 1.29 is 14.6 Å². The smallest absolute Gasteiger partial charge is 0.233 e. The van der Waals surface area contributed by atoms with Crippen molar-refractivity contribution in [3.05, 3.63) is 0 Å². The van der Waals surface area contributed by atoms with Crippen LogP contribution in [0.1, 0.15) is 6.92 Å². The number of halogens is 1. The molecule has 0 aliphatic carbocycles. The lowest BCUT2D eigenvalue weighted by molar-refractivity contribution is -0.121. The minimum Gasteiger partial charge on any atom is -0.394 e. The van der Waals surface area contributed by atoms with Crippen LogP contribution in [0.4, 0.5) is 0 Å². The van der Waals surface area contributed by atoms with E-state index in [1.54, 1.807) is 6.92 Å². The number of alkyl halides is 1. The van der Waals surface area contributed by atoms with E-state index in [4.69, 9.17) is 9.84 Å². The maximum atomic E-state index is 11.1. The molecule has 0 aromatic rings. The Labute approximate surface area is 80.4 Å². The van der Waals surface area contributed by atoms with Crippen LogP contribution >= 0.6 is 15.9 Å². The van der Waals surface area contributed by atoms with E-state index in [0.29, 0.717) is 6.61 Å². The Hall–Kier alpha value is -0.130. The Morgan fingerprint density at radius 3 is 2.67 bits per heavy atom. The number of carbonyl (C=O) groups excluding carboxylic acids is 1. The number of carbonyl (C=O) groups is 1. The monoisotopic (exact) mass is 239 g/mol. The SMILES string of the molecule is COCC(CO)NC(=O)C(C)Br. The highest BCUT2D eigenvalue weighted by atomic mass is 79.9. The Morgan fingerprint density at radius 2 is 2.33 bits per heavy atom. The second-order valence-corrected chi connectivity index (χ2v) is 3.83. The lowest BCUT2D eigenvalue weighted by atomic mass is 10.3. The predicted molar refractivity (Wildman–Crippen MR) is 49.3 cm³/mol. The standard InChI is InChI=1S/C7H14BrNO3/c1-5(8)7(11)9-6(3-10)4-12-2/h5-6,10H,3-4H2,1-2H3,(H,9,11). The zero-order valence-electron chi connectivity index (χ0n) is 7.21. The summed E-state index contributed by atoms with van der Waals surface area (Å²) in [7, 11) is 1.52. The number of nitrogens with one attached hydrogen (secondary N) is 1. The lowest BCUT2D eigenvalue weighted by Gasteiger charge is -2.15. The summed E-state index contributed by atoms with van der Waals surface area (Å²) in [6.45, 7) is 1.93. The average molecular weight is 240 g/mol.